The Morgan fingerprint density at radius 3 is 2.41 bits per heavy atom. The molecule has 1 atom stereocenters. The summed E-state index contributed by atoms with van der Waals surface area (Å²) in [6.07, 6.45) is 0. The van der Waals surface area contributed by atoms with Crippen molar-refractivity contribution in [3.63, 3.8) is 0 Å². The summed E-state index contributed by atoms with van der Waals surface area (Å²) in [4.78, 5) is 52.4. The first-order chi connectivity index (χ1) is 10.3. The van der Waals surface area contributed by atoms with Gasteiger partial charge in [0.25, 0.3) is 5.91 Å². The van der Waals surface area contributed by atoms with Gasteiger partial charge in [0.2, 0.25) is 11.6 Å². The van der Waals surface area contributed by atoms with Gasteiger partial charge in [0.05, 0.1) is 5.69 Å². The fourth-order valence-electron chi connectivity index (χ4n) is 3.11. The zero-order chi connectivity index (χ0) is 16.2. The Hall–Kier alpha value is -2.90. The van der Waals surface area contributed by atoms with Crippen LogP contribution >= 0.6 is 0 Å². The zero-order valence-corrected chi connectivity index (χ0v) is 12.3. The van der Waals surface area contributed by atoms with Crippen molar-refractivity contribution in [1.82, 2.24) is 15.1 Å². The number of anilines is 1. The Morgan fingerprint density at radius 2 is 1.77 bits per heavy atom. The first kappa shape index (κ1) is 14.1. The molecule has 1 N–H and O–H groups in total. The normalized spacial score (nSPS) is 24.0. The number of likely N-dealkylation sites (N-methyl/N-ethyl adjacent to an activating group) is 1. The second kappa shape index (κ2) is 4.30. The number of hydrogen-bond acceptors (Lipinski definition) is 4. The summed E-state index contributed by atoms with van der Waals surface area (Å²) in [7, 11) is 2.96. The maximum atomic E-state index is 12.6. The van der Waals surface area contributed by atoms with Crippen LogP contribution in [0.5, 0.6) is 0 Å². The average molecular weight is 302 g/mol. The summed E-state index contributed by atoms with van der Waals surface area (Å²) in [6.45, 7) is 1.18. The number of nitrogens with one attached hydrogen (secondary N) is 1. The molecule has 0 aliphatic carbocycles. The molecule has 2 heterocycles. The molecule has 0 aromatic heterocycles. The van der Waals surface area contributed by atoms with Crippen LogP contribution < -0.4 is 10.2 Å². The summed E-state index contributed by atoms with van der Waals surface area (Å²) < 4.78 is 0. The molecule has 0 bridgehead atoms. The minimum atomic E-state index is -1.79. The molecule has 0 radical (unpaired) electrons. The zero-order valence-electron chi connectivity index (χ0n) is 12.3. The van der Waals surface area contributed by atoms with E-state index in [2.05, 4.69) is 5.32 Å². The highest BCUT2D eigenvalue weighted by atomic mass is 16.2. The van der Waals surface area contributed by atoms with Gasteiger partial charge in [-0.05, 0) is 6.07 Å². The summed E-state index contributed by atoms with van der Waals surface area (Å²) in [5, 5.41) is 2.13. The van der Waals surface area contributed by atoms with Crippen molar-refractivity contribution in [2.45, 2.75) is 12.6 Å². The predicted octanol–water partition coefficient (Wildman–Crippen LogP) is 0.439. The molecule has 8 nitrogen and oxygen atoms in total. The van der Waals surface area contributed by atoms with Gasteiger partial charge in [-0.3, -0.25) is 24.7 Å². The van der Waals surface area contributed by atoms with E-state index in [1.54, 1.807) is 31.3 Å². The lowest BCUT2D eigenvalue weighted by Crippen LogP contribution is -2.65. The van der Waals surface area contributed by atoms with E-state index in [0.29, 0.717) is 11.3 Å². The van der Waals surface area contributed by atoms with E-state index < -0.39 is 29.5 Å². The van der Waals surface area contributed by atoms with Crippen molar-refractivity contribution in [3.8, 4) is 0 Å². The number of amides is 6. The number of carbonyl (C=O) groups is 4. The van der Waals surface area contributed by atoms with Gasteiger partial charge < -0.3 is 0 Å². The molecule has 2 aliphatic rings. The number of para-hydroxylation sites is 1. The quantitative estimate of drug-likeness (QED) is 0.704. The topological polar surface area (TPSA) is 90.0 Å². The van der Waals surface area contributed by atoms with Gasteiger partial charge in [0, 0.05) is 26.6 Å². The average Bonchev–Trinajstić information content (AvgIpc) is 2.75. The van der Waals surface area contributed by atoms with Crippen LogP contribution in [0.15, 0.2) is 24.3 Å². The van der Waals surface area contributed by atoms with Crippen LogP contribution in [0.2, 0.25) is 0 Å². The highest BCUT2D eigenvalue weighted by molar-refractivity contribution is 6.17. The van der Waals surface area contributed by atoms with Crippen LogP contribution in [0, 0.1) is 0 Å². The van der Waals surface area contributed by atoms with Crippen molar-refractivity contribution in [2.75, 3.05) is 19.0 Å². The van der Waals surface area contributed by atoms with Crippen LogP contribution in [0.25, 0.3) is 0 Å². The standard InChI is InChI=1S/C14H14N4O4/c1-8(19)18-12(21)15-11(20)14(18)9-6-4-5-7-10(9)16(2)13(22)17(14)3/h4-7H,1-3H3,(H,15,20,21). The third-order valence-electron chi connectivity index (χ3n) is 4.08. The second-order valence-electron chi connectivity index (χ2n) is 5.20. The van der Waals surface area contributed by atoms with Gasteiger partial charge in [-0.15, -0.1) is 0 Å². The molecule has 8 heteroatoms. The van der Waals surface area contributed by atoms with Crippen molar-refractivity contribution in [3.05, 3.63) is 29.8 Å². The van der Waals surface area contributed by atoms with E-state index in [-0.39, 0.29) is 0 Å². The summed E-state index contributed by atoms with van der Waals surface area (Å²) in [5.41, 5.74) is -0.914. The molecule has 1 spiro atoms. The molecule has 1 aromatic rings. The van der Waals surface area contributed by atoms with Gasteiger partial charge in [-0.2, -0.15) is 0 Å². The van der Waals surface area contributed by atoms with Crippen LogP contribution in [0.1, 0.15) is 12.5 Å². The van der Waals surface area contributed by atoms with Gasteiger partial charge >= 0.3 is 12.1 Å². The van der Waals surface area contributed by atoms with E-state index in [4.69, 9.17) is 0 Å². The van der Waals surface area contributed by atoms with Gasteiger partial charge in [-0.25, -0.2) is 14.5 Å². The first-order valence-electron chi connectivity index (χ1n) is 6.60. The molecule has 1 saturated heterocycles. The Bertz CT molecular complexity index is 731. The molecule has 1 fully saturated rings. The lowest BCUT2D eigenvalue weighted by atomic mass is 9.91. The van der Waals surface area contributed by atoms with E-state index >= 15 is 0 Å². The highest BCUT2D eigenvalue weighted by Gasteiger charge is 2.63. The summed E-state index contributed by atoms with van der Waals surface area (Å²) in [6, 6.07) is 5.37. The molecule has 2 aliphatic heterocycles. The monoisotopic (exact) mass is 302 g/mol. The van der Waals surface area contributed by atoms with Gasteiger partial charge in [0.1, 0.15) is 0 Å². The minimum Gasteiger partial charge on any atom is -0.297 e. The number of nitrogens with zero attached hydrogens (tertiary/aromatic N) is 3. The number of fused-ring (bicyclic) bond motifs is 2. The van der Waals surface area contributed by atoms with Crippen molar-refractivity contribution in [2.24, 2.45) is 0 Å². The van der Waals surface area contributed by atoms with Crippen LogP contribution in [0.3, 0.4) is 0 Å². The van der Waals surface area contributed by atoms with E-state index in [0.717, 1.165) is 9.80 Å². The van der Waals surface area contributed by atoms with Crippen LogP contribution in [-0.2, 0) is 15.3 Å². The Morgan fingerprint density at radius 1 is 1.14 bits per heavy atom. The summed E-state index contributed by atoms with van der Waals surface area (Å²) >= 11 is 0. The third kappa shape index (κ3) is 1.41. The molecule has 1 unspecified atom stereocenters. The van der Waals surface area contributed by atoms with Crippen molar-refractivity contribution < 1.29 is 19.2 Å². The van der Waals surface area contributed by atoms with Crippen molar-refractivity contribution in [1.29, 1.82) is 0 Å². The van der Waals surface area contributed by atoms with Gasteiger partial charge in [-0.1, -0.05) is 18.2 Å². The highest BCUT2D eigenvalue weighted by Crippen LogP contribution is 2.44. The molecular formula is C14H14N4O4. The number of imide groups is 2. The molecule has 6 amide bonds. The fraction of sp³-hybridized carbons (Fsp3) is 0.286. The Balaban J connectivity index is 2.38. The number of hydrogen-bond donors (Lipinski definition) is 1. The number of urea groups is 2. The smallest absolute Gasteiger partial charge is 0.297 e. The second-order valence-corrected chi connectivity index (χ2v) is 5.20. The number of rotatable bonds is 0. The maximum Gasteiger partial charge on any atom is 0.333 e. The number of carbonyl (C=O) groups excluding carboxylic acids is 4. The molecule has 0 saturated carbocycles. The third-order valence-corrected chi connectivity index (χ3v) is 4.08. The van der Waals surface area contributed by atoms with Gasteiger partial charge in [0.15, 0.2) is 0 Å². The molecule has 1 aromatic carbocycles. The SMILES string of the molecule is CC(=O)N1C(=O)NC(=O)C12c1ccccc1N(C)C(=O)N2C. The van der Waals surface area contributed by atoms with Crippen LogP contribution in [0.4, 0.5) is 15.3 Å². The van der Waals surface area contributed by atoms with E-state index in [1.165, 1.54) is 18.9 Å². The summed E-state index contributed by atoms with van der Waals surface area (Å²) in [5.74, 6) is -1.34. The van der Waals surface area contributed by atoms with Crippen LogP contribution in [-0.4, -0.2) is 47.8 Å². The lowest BCUT2D eigenvalue weighted by molar-refractivity contribution is -0.145. The maximum absolute atomic E-state index is 12.6. The van der Waals surface area contributed by atoms with E-state index in [9.17, 15) is 19.2 Å². The lowest BCUT2D eigenvalue weighted by Gasteiger charge is -2.47. The Kier molecular flexibility index (Phi) is 2.74. The molecule has 114 valence electrons. The fourth-order valence-corrected chi connectivity index (χ4v) is 3.11. The van der Waals surface area contributed by atoms with Crippen molar-refractivity contribution >= 4 is 29.6 Å². The molecule has 22 heavy (non-hydrogen) atoms. The Labute approximate surface area is 126 Å². The first-order valence-corrected chi connectivity index (χ1v) is 6.60. The molecule has 3 rings (SSSR count). The predicted molar refractivity (Wildman–Crippen MR) is 75.7 cm³/mol. The minimum absolute atomic E-state index is 0.401. The van der Waals surface area contributed by atoms with E-state index in [1.807, 2.05) is 0 Å². The largest absolute Gasteiger partial charge is 0.333 e. The number of benzene rings is 1. The molecular weight excluding hydrogens is 288 g/mol.